The zero-order valence-electron chi connectivity index (χ0n) is 14.5. The van der Waals surface area contributed by atoms with Crippen LogP contribution in [0.4, 0.5) is 0 Å². The van der Waals surface area contributed by atoms with Crippen LogP contribution in [0.5, 0.6) is 0 Å². The molecular weight excluding hydrogens is 296 g/mol. The van der Waals surface area contributed by atoms with E-state index in [1.54, 1.807) is 18.6 Å². The molecule has 1 saturated carbocycles. The first-order chi connectivity index (χ1) is 10.2. The van der Waals surface area contributed by atoms with E-state index >= 15 is 0 Å². The maximum Gasteiger partial charge on any atom is 0.313 e. The maximum atomic E-state index is 12.0. The monoisotopic (exact) mass is 324 g/mol. The van der Waals surface area contributed by atoms with E-state index in [9.17, 15) is 4.79 Å². The fourth-order valence-corrected chi connectivity index (χ4v) is 4.19. The van der Waals surface area contributed by atoms with E-state index in [4.69, 9.17) is 13.9 Å². The first-order valence-electron chi connectivity index (χ1n) is 7.95. The molecule has 0 N–H and O–H groups in total. The Morgan fingerprint density at radius 2 is 2.00 bits per heavy atom. The van der Waals surface area contributed by atoms with Crippen molar-refractivity contribution in [1.29, 1.82) is 0 Å². The molecule has 2 rings (SSSR count). The number of carbonyl (C=O) groups is 1. The molecule has 124 valence electrons. The van der Waals surface area contributed by atoms with Crippen molar-refractivity contribution in [3.05, 3.63) is 24.2 Å². The Labute approximate surface area is 134 Å². The second-order valence-electron chi connectivity index (χ2n) is 7.68. The van der Waals surface area contributed by atoms with Gasteiger partial charge in [-0.05, 0) is 42.6 Å². The van der Waals surface area contributed by atoms with Gasteiger partial charge in [-0.15, -0.1) is 0 Å². The molecular formula is C17H28O4Si. The topological polar surface area (TPSA) is 44.8 Å². The quantitative estimate of drug-likeness (QED) is 0.581. The molecule has 2 aliphatic rings. The van der Waals surface area contributed by atoms with Crippen LogP contribution in [0, 0.1) is 11.8 Å². The van der Waals surface area contributed by atoms with Crippen LogP contribution in [-0.4, -0.2) is 27.5 Å². The summed E-state index contributed by atoms with van der Waals surface area (Å²) in [6, 6.07) is 0. The molecule has 1 fully saturated rings. The molecule has 0 aromatic heterocycles. The lowest BCUT2D eigenvalue weighted by Gasteiger charge is -2.39. The minimum absolute atomic E-state index is 0.0537. The number of carbonyl (C=O) groups excluding carboxylic acids is 1. The van der Waals surface area contributed by atoms with Crippen molar-refractivity contribution in [2.75, 3.05) is 7.11 Å². The highest BCUT2D eigenvalue weighted by molar-refractivity contribution is 6.74. The molecule has 4 nitrogen and oxygen atoms in total. The Hall–Kier alpha value is -1.07. The molecule has 1 aliphatic carbocycles. The number of hydrogen-bond acceptors (Lipinski definition) is 4. The molecule has 1 heterocycles. The molecule has 3 atom stereocenters. The molecule has 0 spiro atoms. The Balaban J connectivity index is 2.19. The van der Waals surface area contributed by atoms with Gasteiger partial charge < -0.3 is 13.9 Å². The van der Waals surface area contributed by atoms with Crippen molar-refractivity contribution in [3.8, 4) is 0 Å². The Kier molecular flexibility index (Phi) is 4.87. The molecule has 0 saturated heterocycles. The van der Waals surface area contributed by atoms with Crippen molar-refractivity contribution in [3.63, 3.8) is 0 Å². The van der Waals surface area contributed by atoms with E-state index in [2.05, 4.69) is 33.9 Å². The fourth-order valence-electron chi connectivity index (χ4n) is 2.87. The summed E-state index contributed by atoms with van der Waals surface area (Å²) in [5.74, 6) is -0.349. The molecule has 5 heteroatoms. The highest BCUT2D eigenvalue weighted by atomic mass is 28.4. The van der Waals surface area contributed by atoms with Gasteiger partial charge >= 0.3 is 5.97 Å². The van der Waals surface area contributed by atoms with Gasteiger partial charge in [0.25, 0.3) is 0 Å². The van der Waals surface area contributed by atoms with Crippen LogP contribution < -0.4 is 0 Å². The summed E-state index contributed by atoms with van der Waals surface area (Å²) in [5, 5.41) is 0.164. The van der Waals surface area contributed by atoms with Gasteiger partial charge in [0.05, 0.1) is 31.7 Å². The summed E-state index contributed by atoms with van der Waals surface area (Å²) in [4.78, 5) is 12.0. The highest BCUT2D eigenvalue weighted by Gasteiger charge is 2.45. The Bertz CT molecular complexity index is 487. The Morgan fingerprint density at radius 1 is 1.32 bits per heavy atom. The number of esters is 1. The van der Waals surface area contributed by atoms with Gasteiger partial charge in [-0.2, -0.15) is 0 Å². The van der Waals surface area contributed by atoms with Gasteiger partial charge in [0.15, 0.2) is 8.32 Å². The highest BCUT2D eigenvalue weighted by Crippen LogP contribution is 2.45. The van der Waals surface area contributed by atoms with E-state index in [0.29, 0.717) is 0 Å². The fraction of sp³-hybridized carbons (Fsp3) is 0.706. The van der Waals surface area contributed by atoms with Gasteiger partial charge in [-0.25, -0.2) is 0 Å². The minimum atomic E-state index is -1.85. The van der Waals surface area contributed by atoms with Crippen LogP contribution in [0.15, 0.2) is 24.2 Å². The lowest BCUT2D eigenvalue weighted by atomic mass is 9.88. The van der Waals surface area contributed by atoms with Crippen LogP contribution in [-0.2, 0) is 18.7 Å². The van der Waals surface area contributed by atoms with Gasteiger partial charge in [-0.1, -0.05) is 20.8 Å². The number of hydrogen-bond donors (Lipinski definition) is 0. The zero-order chi connectivity index (χ0) is 16.5. The summed E-state index contributed by atoms with van der Waals surface area (Å²) in [5.41, 5.74) is 1.10. The predicted octanol–water partition coefficient (Wildman–Crippen LogP) is 4.00. The Morgan fingerprint density at radius 3 is 2.59 bits per heavy atom. The molecule has 0 bridgehead atoms. The second-order valence-corrected chi connectivity index (χ2v) is 12.4. The van der Waals surface area contributed by atoms with Crippen molar-refractivity contribution in [2.45, 2.75) is 57.8 Å². The van der Waals surface area contributed by atoms with Crippen molar-refractivity contribution in [1.82, 2.24) is 0 Å². The van der Waals surface area contributed by atoms with Crippen molar-refractivity contribution in [2.24, 2.45) is 11.8 Å². The van der Waals surface area contributed by atoms with Gasteiger partial charge in [0, 0.05) is 5.92 Å². The lowest BCUT2D eigenvalue weighted by molar-refractivity contribution is -0.144. The third-order valence-corrected chi connectivity index (χ3v) is 9.74. The van der Waals surface area contributed by atoms with Crippen LogP contribution in [0.1, 0.15) is 33.6 Å². The molecule has 1 aliphatic heterocycles. The van der Waals surface area contributed by atoms with Crippen molar-refractivity contribution >= 4 is 14.3 Å². The number of ether oxygens (including phenoxy) is 2. The lowest BCUT2D eigenvalue weighted by Crippen LogP contribution is -2.44. The summed E-state index contributed by atoms with van der Waals surface area (Å²) in [7, 11) is -0.419. The van der Waals surface area contributed by atoms with Crippen LogP contribution in [0.25, 0.3) is 0 Å². The maximum absolute atomic E-state index is 12.0. The molecule has 0 radical (unpaired) electrons. The number of rotatable bonds is 3. The molecule has 0 unspecified atom stereocenters. The van der Waals surface area contributed by atoms with Gasteiger partial charge in [0.1, 0.15) is 0 Å². The van der Waals surface area contributed by atoms with E-state index in [1.165, 1.54) is 7.11 Å². The average Bonchev–Trinajstić information content (AvgIpc) is 2.68. The normalized spacial score (nSPS) is 28.5. The molecule has 0 aromatic rings. The standard InChI is InChI=1S/C17H28O4Si/c1-17(2,3)22(5,6)21-15-8-7-12-13(16(18)19-4)9-10-20-11-14(12)15/h9-13,15H,7-8H2,1-6H3/t12-,13-,15-/m1/s1. The summed E-state index contributed by atoms with van der Waals surface area (Å²) in [6.07, 6.45) is 7.07. The summed E-state index contributed by atoms with van der Waals surface area (Å²) < 4.78 is 16.9. The third kappa shape index (κ3) is 3.30. The van der Waals surface area contributed by atoms with Crippen LogP contribution in [0.2, 0.25) is 18.1 Å². The van der Waals surface area contributed by atoms with E-state index in [1.807, 2.05) is 0 Å². The van der Waals surface area contributed by atoms with E-state index in [-0.39, 0.29) is 28.9 Å². The van der Waals surface area contributed by atoms with Crippen molar-refractivity contribution < 1.29 is 18.7 Å². The molecule has 0 aromatic carbocycles. The SMILES string of the molecule is COC(=O)[C@@H]1C=COC=C2[C@H](O[Si](C)(C)C(C)(C)C)CC[C@@H]21. The molecule has 22 heavy (non-hydrogen) atoms. The zero-order valence-corrected chi connectivity index (χ0v) is 15.5. The number of fused-ring (bicyclic) bond motifs is 1. The first-order valence-corrected chi connectivity index (χ1v) is 10.9. The predicted molar refractivity (Wildman–Crippen MR) is 88.6 cm³/mol. The largest absolute Gasteiger partial charge is 0.473 e. The number of methoxy groups -OCH3 is 1. The third-order valence-electron chi connectivity index (χ3n) is 5.26. The second kappa shape index (κ2) is 6.20. The molecule has 0 amide bonds. The smallest absolute Gasteiger partial charge is 0.313 e. The van der Waals surface area contributed by atoms with Gasteiger partial charge in [-0.3, -0.25) is 4.79 Å². The summed E-state index contributed by atoms with van der Waals surface area (Å²) in [6.45, 7) is 11.2. The van der Waals surface area contributed by atoms with E-state index in [0.717, 1.165) is 18.4 Å². The van der Waals surface area contributed by atoms with Crippen LogP contribution >= 0.6 is 0 Å². The average molecular weight is 324 g/mol. The summed E-state index contributed by atoms with van der Waals surface area (Å²) >= 11 is 0. The van der Waals surface area contributed by atoms with E-state index < -0.39 is 8.32 Å². The minimum Gasteiger partial charge on any atom is -0.473 e. The van der Waals surface area contributed by atoms with Gasteiger partial charge in [0.2, 0.25) is 0 Å². The van der Waals surface area contributed by atoms with Crippen LogP contribution in [0.3, 0.4) is 0 Å². The first kappa shape index (κ1) is 17.3.